The highest BCUT2D eigenvalue weighted by Gasteiger charge is 2.42. The maximum Gasteiger partial charge on any atom is 0.244 e. The molecule has 37 heavy (non-hydrogen) atoms. The number of benzene rings is 1. The number of nitrogens with two attached hydrogens (primary N) is 2. The summed E-state index contributed by atoms with van der Waals surface area (Å²) in [6.45, 7) is 1.75. The maximum atomic E-state index is 13.6. The van der Waals surface area contributed by atoms with Gasteiger partial charge >= 0.3 is 0 Å². The number of quaternary nitrogens is 1. The van der Waals surface area contributed by atoms with Crippen molar-refractivity contribution in [1.82, 2.24) is 14.5 Å². The van der Waals surface area contributed by atoms with Crippen molar-refractivity contribution in [3.63, 3.8) is 0 Å². The molecule has 0 spiro atoms. The van der Waals surface area contributed by atoms with Crippen molar-refractivity contribution >= 4 is 27.7 Å². The van der Waals surface area contributed by atoms with Crippen molar-refractivity contribution in [1.29, 1.82) is 0 Å². The summed E-state index contributed by atoms with van der Waals surface area (Å²) >= 11 is 0. The molecule has 5 N–H and O–H groups in total. The summed E-state index contributed by atoms with van der Waals surface area (Å²) in [6, 6.07) is 6.21. The highest BCUT2D eigenvalue weighted by atomic mass is 32.2. The van der Waals surface area contributed by atoms with E-state index >= 15 is 0 Å². The van der Waals surface area contributed by atoms with Gasteiger partial charge in [0.15, 0.2) is 0 Å². The Bertz CT molecular complexity index is 1050. The molecule has 10 nitrogen and oxygen atoms in total. The maximum absolute atomic E-state index is 13.6. The summed E-state index contributed by atoms with van der Waals surface area (Å²) in [5, 5.41) is 4.97. The van der Waals surface area contributed by atoms with Crippen molar-refractivity contribution in [3.8, 4) is 0 Å². The molecule has 1 aromatic carbocycles. The molecule has 2 atom stereocenters. The van der Waals surface area contributed by atoms with E-state index < -0.39 is 33.9 Å². The Morgan fingerprint density at radius 2 is 1.68 bits per heavy atom. The average Bonchev–Trinajstić information content (AvgIpc) is 2.93. The van der Waals surface area contributed by atoms with Crippen molar-refractivity contribution in [3.05, 3.63) is 30.3 Å². The Morgan fingerprint density at radius 1 is 1.00 bits per heavy atom. The summed E-state index contributed by atoms with van der Waals surface area (Å²) < 4.78 is 27.9. The highest BCUT2D eigenvalue weighted by Crippen LogP contribution is 2.28. The summed E-state index contributed by atoms with van der Waals surface area (Å²) in [5.41, 5.74) is 5.67. The summed E-state index contributed by atoms with van der Waals surface area (Å²) in [5.74, 6) is -1.13. The van der Waals surface area contributed by atoms with E-state index in [4.69, 9.17) is 5.73 Å². The Morgan fingerprint density at radius 3 is 2.32 bits per heavy atom. The van der Waals surface area contributed by atoms with Crippen LogP contribution in [0.2, 0.25) is 0 Å². The van der Waals surface area contributed by atoms with Crippen LogP contribution in [0.3, 0.4) is 0 Å². The van der Waals surface area contributed by atoms with E-state index in [1.807, 2.05) is 0 Å². The molecule has 4 rings (SSSR count). The van der Waals surface area contributed by atoms with Crippen LogP contribution in [0, 0.1) is 11.8 Å². The number of piperidine rings is 1. The topological polar surface area (TPSA) is 146 Å². The van der Waals surface area contributed by atoms with Gasteiger partial charge in [-0.15, -0.1) is 0 Å². The minimum atomic E-state index is -3.85. The molecule has 1 aliphatic carbocycles. The monoisotopic (exact) mass is 534 g/mol. The fraction of sp³-hybridized carbons (Fsp3) is 0.654. The number of carbonyl (C=O) groups excluding carboxylic acids is 3. The zero-order valence-corrected chi connectivity index (χ0v) is 22.2. The number of piperazine rings is 1. The number of hydrogen-bond donors (Lipinski definition) is 3. The Labute approximate surface area is 219 Å². The third kappa shape index (κ3) is 6.69. The smallest absolute Gasteiger partial charge is 0.244 e. The first-order valence-corrected chi connectivity index (χ1v) is 15.0. The second kappa shape index (κ2) is 12.4. The molecule has 2 saturated heterocycles. The van der Waals surface area contributed by atoms with Gasteiger partial charge in [0.2, 0.25) is 27.7 Å². The number of amides is 3. The van der Waals surface area contributed by atoms with E-state index in [-0.39, 0.29) is 36.4 Å². The van der Waals surface area contributed by atoms with Gasteiger partial charge in [0.05, 0.1) is 18.0 Å². The predicted molar refractivity (Wildman–Crippen MR) is 137 cm³/mol. The number of hydrogen-bond acceptors (Lipinski definition) is 5. The van der Waals surface area contributed by atoms with Crippen molar-refractivity contribution in [2.24, 2.45) is 17.6 Å². The Kier molecular flexibility index (Phi) is 9.20. The fourth-order valence-electron chi connectivity index (χ4n) is 5.88. The van der Waals surface area contributed by atoms with Crippen LogP contribution in [0.5, 0.6) is 0 Å². The van der Waals surface area contributed by atoms with E-state index in [0.29, 0.717) is 12.3 Å². The van der Waals surface area contributed by atoms with Crippen LogP contribution in [-0.2, 0) is 24.4 Å². The number of rotatable bonds is 8. The lowest BCUT2D eigenvalue weighted by molar-refractivity contribution is -0.664. The molecule has 204 valence electrons. The molecule has 2 heterocycles. The largest absolute Gasteiger partial charge is 0.368 e. The van der Waals surface area contributed by atoms with Gasteiger partial charge in [-0.1, -0.05) is 50.3 Å². The van der Waals surface area contributed by atoms with Gasteiger partial charge in [0.25, 0.3) is 0 Å². The number of carbonyl (C=O) groups is 3. The molecule has 1 saturated carbocycles. The molecule has 11 heteroatoms. The quantitative estimate of drug-likeness (QED) is 0.423. The average molecular weight is 535 g/mol. The van der Waals surface area contributed by atoms with Crippen molar-refractivity contribution in [2.75, 3.05) is 32.7 Å². The van der Waals surface area contributed by atoms with Gasteiger partial charge in [-0.3, -0.25) is 14.4 Å². The van der Waals surface area contributed by atoms with Gasteiger partial charge < -0.3 is 21.3 Å². The molecule has 3 aliphatic rings. The van der Waals surface area contributed by atoms with Gasteiger partial charge in [-0.2, -0.15) is 4.31 Å². The lowest BCUT2D eigenvalue weighted by atomic mass is 9.84. The highest BCUT2D eigenvalue weighted by molar-refractivity contribution is 7.89. The van der Waals surface area contributed by atoms with Crippen molar-refractivity contribution in [2.45, 2.75) is 68.3 Å². The number of nitrogens with one attached hydrogen (secondary N) is 1. The molecular weight excluding hydrogens is 494 g/mol. The first-order chi connectivity index (χ1) is 17.8. The summed E-state index contributed by atoms with van der Waals surface area (Å²) in [6.07, 6.45) is 7.27. The van der Waals surface area contributed by atoms with Crippen LogP contribution < -0.4 is 16.4 Å². The second-order valence-corrected chi connectivity index (χ2v) is 12.5. The number of primary amides is 1. The van der Waals surface area contributed by atoms with Gasteiger partial charge in [-0.05, 0) is 24.5 Å². The molecule has 3 fully saturated rings. The lowest BCUT2D eigenvalue weighted by Crippen LogP contribution is -2.86. The third-order valence-corrected chi connectivity index (χ3v) is 9.93. The van der Waals surface area contributed by atoms with E-state index in [1.54, 1.807) is 18.2 Å². The molecule has 3 amide bonds. The van der Waals surface area contributed by atoms with Crippen LogP contribution >= 0.6 is 0 Å². The minimum Gasteiger partial charge on any atom is -0.368 e. The Hall–Kier alpha value is -2.50. The first kappa shape index (κ1) is 27.5. The van der Waals surface area contributed by atoms with E-state index in [1.165, 1.54) is 27.8 Å². The van der Waals surface area contributed by atoms with E-state index in [9.17, 15) is 22.8 Å². The summed E-state index contributed by atoms with van der Waals surface area (Å²) in [7, 11) is -3.85. The Balaban J connectivity index is 1.54. The van der Waals surface area contributed by atoms with Crippen LogP contribution in [0.25, 0.3) is 0 Å². The third-order valence-electron chi connectivity index (χ3n) is 8.05. The molecule has 2 aliphatic heterocycles. The number of sulfonamides is 1. The molecule has 0 bridgehead atoms. The summed E-state index contributed by atoms with van der Waals surface area (Å²) in [4.78, 5) is 41.1. The zero-order valence-electron chi connectivity index (χ0n) is 21.4. The van der Waals surface area contributed by atoms with Gasteiger partial charge in [-0.25, -0.2) is 8.42 Å². The predicted octanol–water partition coefficient (Wildman–Crippen LogP) is -0.198. The van der Waals surface area contributed by atoms with Gasteiger partial charge in [0.1, 0.15) is 12.1 Å². The molecule has 0 unspecified atom stereocenters. The van der Waals surface area contributed by atoms with Crippen LogP contribution in [0.4, 0.5) is 0 Å². The second-order valence-electron chi connectivity index (χ2n) is 10.6. The van der Waals surface area contributed by atoms with Gasteiger partial charge in [0, 0.05) is 38.4 Å². The van der Waals surface area contributed by atoms with Crippen LogP contribution in [-0.4, -0.2) is 80.2 Å². The SMILES string of the molecule is NC(=O)[C@H](CC1CCCCC1)NC(=O)[C@@H]1CN(S(=O)(=O)c2ccccc2)CCN1C(=O)C1CC[NH2+]CC1. The first-order valence-electron chi connectivity index (χ1n) is 13.5. The van der Waals surface area contributed by atoms with E-state index in [0.717, 1.165) is 51.6 Å². The minimum absolute atomic E-state index is 0.104. The van der Waals surface area contributed by atoms with Crippen molar-refractivity contribution < 1.29 is 28.1 Å². The lowest BCUT2D eigenvalue weighted by Gasteiger charge is -2.42. The normalized spacial score (nSPS) is 23.4. The van der Waals surface area contributed by atoms with E-state index in [2.05, 4.69) is 10.6 Å². The zero-order chi connectivity index (χ0) is 26.4. The molecule has 0 radical (unpaired) electrons. The number of nitrogens with zero attached hydrogens (tertiary/aromatic N) is 2. The standard InChI is InChI=1S/C26H39N5O5S/c27-24(32)22(17-19-7-3-1-4-8-19)29-25(33)23-18-30(37(35,36)21-9-5-2-6-10-21)15-16-31(23)26(34)20-11-13-28-14-12-20/h2,5-6,9-10,19-20,22-23,28H,1,3-4,7-8,11-18H2,(H2,27,32)(H,29,33)/p+1/t22-,23-/m0/s1. The molecule has 1 aromatic rings. The fourth-order valence-corrected chi connectivity index (χ4v) is 7.34. The van der Waals surface area contributed by atoms with Crippen LogP contribution in [0.1, 0.15) is 51.4 Å². The van der Waals surface area contributed by atoms with Crippen LogP contribution in [0.15, 0.2) is 35.2 Å². The molecule has 0 aromatic heterocycles. The molecular formula is C26H40N5O5S+.